The Labute approximate surface area is 128 Å². The van der Waals surface area contributed by atoms with Gasteiger partial charge in [-0.25, -0.2) is 5.01 Å². The number of hydrazone groups is 1. The number of rotatable bonds is 3. The summed E-state index contributed by atoms with van der Waals surface area (Å²) in [7, 11) is -4.43. The smallest absolute Gasteiger partial charge is 0.309 e. The summed E-state index contributed by atoms with van der Waals surface area (Å²) < 4.78 is 32.6. The molecule has 0 spiro atoms. The van der Waals surface area contributed by atoms with Crippen molar-refractivity contribution in [3.63, 3.8) is 0 Å². The van der Waals surface area contributed by atoms with Gasteiger partial charge < -0.3 is 5.73 Å². The molecule has 0 fully saturated rings. The maximum atomic E-state index is 11.3. The summed E-state index contributed by atoms with van der Waals surface area (Å²) in [6.07, 6.45) is 0. The number of nitrogens with zero attached hydrogens (tertiary/aromatic N) is 2. The number of amidine groups is 1. The van der Waals surface area contributed by atoms with E-state index in [0.717, 1.165) is 9.48 Å². The second-order valence-corrected chi connectivity index (χ2v) is 6.62. The second-order valence-electron chi connectivity index (χ2n) is 3.78. The molecule has 20 heavy (non-hydrogen) atoms. The van der Waals surface area contributed by atoms with E-state index in [9.17, 15) is 13.0 Å². The number of hydrazine groups is 1. The third-order valence-electron chi connectivity index (χ3n) is 2.36. The van der Waals surface area contributed by atoms with Gasteiger partial charge >= 0.3 is 10.1 Å². The molecule has 8 nitrogen and oxygen atoms in total. The van der Waals surface area contributed by atoms with E-state index < -0.39 is 15.6 Å². The van der Waals surface area contributed by atoms with Crippen molar-refractivity contribution < 1.29 is 13.0 Å². The highest BCUT2D eigenvalue weighted by molar-refractivity contribution is 9.10. The van der Waals surface area contributed by atoms with Crippen LogP contribution in [0.4, 0.5) is 0 Å². The standard InChI is InChI=1S/C9H10BrN5O3S2/c10-6-3-1-5(2-4-6)7-12-13-9(20(16,17)18)15(7)14-8(11)19/h1-4,9,13H,(H3,11,14,19)(H,16,17,18). The van der Waals surface area contributed by atoms with Crippen LogP contribution in [0.2, 0.25) is 0 Å². The maximum absolute atomic E-state index is 11.3. The van der Waals surface area contributed by atoms with E-state index in [1.54, 1.807) is 24.3 Å². The zero-order valence-corrected chi connectivity index (χ0v) is 13.0. The van der Waals surface area contributed by atoms with Gasteiger partial charge in [-0.3, -0.25) is 15.4 Å². The zero-order chi connectivity index (χ0) is 14.9. The SMILES string of the molecule is NC(=S)NN1C(c2ccc(Br)cc2)=NNC1S(=O)(=O)O. The van der Waals surface area contributed by atoms with E-state index in [-0.39, 0.29) is 10.9 Å². The van der Waals surface area contributed by atoms with Crippen molar-refractivity contribution in [3.8, 4) is 0 Å². The predicted octanol–water partition coefficient (Wildman–Crippen LogP) is -0.0645. The number of nitrogens with one attached hydrogen (secondary N) is 2. The molecule has 2 rings (SSSR count). The summed E-state index contributed by atoms with van der Waals surface area (Å²) >= 11 is 7.98. The highest BCUT2D eigenvalue weighted by Crippen LogP contribution is 2.17. The number of hydrogen-bond acceptors (Lipinski definition) is 6. The van der Waals surface area contributed by atoms with Crippen molar-refractivity contribution in [2.24, 2.45) is 10.8 Å². The van der Waals surface area contributed by atoms with E-state index in [0.29, 0.717) is 5.56 Å². The fraction of sp³-hybridized carbons (Fsp3) is 0.111. The van der Waals surface area contributed by atoms with Gasteiger partial charge in [0.1, 0.15) is 0 Å². The van der Waals surface area contributed by atoms with Gasteiger partial charge in [0, 0.05) is 10.0 Å². The van der Waals surface area contributed by atoms with E-state index in [4.69, 9.17) is 5.73 Å². The number of halogens is 1. The third kappa shape index (κ3) is 3.17. The summed E-state index contributed by atoms with van der Waals surface area (Å²) in [5.41, 5.74) is 9.21. The van der Waals surface area contributed by atoms with Gasteiger partial charge in [0.15, 0.2) is 10.9 Å². The Morgan fingerprint density at radius 3 is 2.60 bits per heavy atom. The lowest BCUT2D eigenvalue weighted by atomic mass is 10.2. The first-order valence-corrected chi connectivity index (χ1v) is 7.90. The van der Waals surface area contributed by atoms with Crippen LogP contribution in [0.1, 0.15) is 5.56 Å². The molecule has 5 N–H and O–H groups in total. The minimum absolute atomic E-state index is 0.160. The van der Waals surface area contributed by atoms with Gasteiger partial charge in [0.25, 0.3) is 5.50 Å². The fourth-order valence-electron chi connectivity index (χ4n) is 1.57. The molecule has 0 bridgehead atoms. The zero-order valence-electron chi connectivity index (χ0n) is 9.82. The second kappa shape index (κ2) is 5.52. The molecular formula is C9H10BrN5O3S2. The van der Waals surface area contributed by atoms with Crippen LogP contribution in [0.5, 0.6) is 0 Å². The Morgan fingerprint density at radius 2 is 2.10 bits per heavy atom. The molecule has 1 aliphatic heterocycles. The largest absolute Gasteiger partial charge is 0.375 e. The molecule has 1 heterocycles. The van der Waals surface area contributed by atoms with Crippen LogP contribution < -0.4 is 16.6 Å². The molecule has 1 aliphatic rings. The van der Waals surface area contributed by atoms with Crippen LogP contribution in [0.15, 0.2) is 33.8 Å². The third-order valence-corrected chi connectivity index (χ3v) is 3.86. The minimum atomic E-state index is -4.43. The fourth-order valence-corrected chi connectivity index (χ4v) is 2.54. The Kier molecular flexibility index (Phi) is 4.13. The van der Waals surface area contributed by atoms with Crippen LogP contribution in [-0.4, -0.2) is 34.4 Å². The first kappa shape index (κ1) is 15.0. The van der Waals surface area contributed by atoms with Gasteiger partial charge in [-0.2, -0.15) is 13.5 Å². The monoisotopic (exact) mass is 379 g/mol. The molecule has 0 saturated carbocycles. The van der Waals surface area contributed by atoms with Crippen molar-refractivity contribution >= 4 is 49.2 Å². The van der Waals surface area contributed by atoms with Gasteiger partial charge in [0.05, 0.1) is 0 Å². The number of hydrogen-bond donors (Lipinski definition) is 4. The predicted molar refractivity (Wildman–Crippen MR) is 80.9 cm³/mol. The maximum Gasteiger partial charge on any atom is 0.309 e. The van der Waals surface area contributed by atoms with Crippen LogP contribution in [-0.2, 0) is 10.1 Å². The molecule has 1 aromatic rings. The average Bonchev–Trinajstić information content (AvgIpc) is 2.72. The van der Waals surface area contributed by atoms with Crippen molar-refractivity contribution in [3.05, 3.63) is 34.3 Å². The Hall–Kier alpha value is -1.43. The van der Waals surface area contributed by atoms with E-state index in [1.807, 2.05) is 0 Å². The molecule has 0 aromatic heterocycles. The number of nitrogens with two attached hydrogens (primary N) is 1. The molecule has 0 radical (unpaired) electrons. The highest BCUT2D eigenvalue weighted by Gasteiger charge is 2.38. The Morgan fingerprint density at radius 1 is 1.50 bits per heavy atom. The first-order valence-electron chi connectivity index (χ1n) is 5.20. The normalized spacial score (nSPS) is 18.4. The molecule has 1 unspecified atom stereocenters. The molecule has 0 saturated heterocycles. The van der Waals surface area contributed by atoms with E-state index in [2.05, 4.69) is 44.1 Å². The van der Waals surface area contributed by atoms with Crippen LogP contribution in [0.3, 0.4) is 0 Å². The summed E-state index contributed by atoms with van der Waals surface area (Å²) in [6, 6.07) is 6.95. The molecule has 1 atom stereocenters. The molecule has 0 amide bonds. The summed E-state index contributed by atoms with van der Waals surface area (Å²) in [4.78, 5) is 0. The topological polar surface area (TPSA) is 120 Å². The number of benzene rings is 1. The lowest BCUT2D eigenvalue weighted by molar-refractivity contribution is 0.314. The van der Waals surface area contributed by atoms with Crippen LogP contribution in [0, 0.1) is 0 Å². The van der Waals surface area contributed by atoms with Crippen molar-refractivity contribution in [2.75, 3.05) is 0 Å². The van der Waals surface area contributed by atoms with E-state index >= 15 is 0 Å². The van der Waals surface area contributed by atoms with Gasteiger partial charge in [-0.05, 0) is 24.4 Å². The van der Waals surface area contributed by atoms with Crippen LogP contribution >= 0.6 is 28.1 Å². The Balaban J connectivity index is 2.37. The van der Waals surface area contributed by atoms with Gasteiger partial charge in [-0.1, -0.05) is 28.1 Å². The molecule has 1 aromatic carbocycles. The van der Waals surface area contributed by atoms with Gasteiger partial charge in [-0.15, -0.1) is 0 Å². The van der Waals surface area contributed by atoms with Crippen LogP contribution in [0.25, 0.3) is 0 Å². The first-order chi connectivity index (χ1) is 9.29. The Bertz CT molecular complexity index is 661. The molecule has 11 heteroatoms. The summed E-state index contributed by atoms with van der Waals surface area (Å²) in [6.45, 7) is 0. The summed E-state index contributed by atoms with van der Waals surface area (Å²) in [5, 5.41) is 4.76. The van der Waals surface area contributed by atoms with E-state index in [1.165, 1.54) is 0 Å². The van der Waals surface area contributed by atoms with Crippen molar-refractivity contribution in [1.29, 1.82) is 0 Å². The van der Waals surface area contributed by atoms with Crippen molar-refractivity contribution in [1.82, 2.24) is 15.9 Å². The van der Waals surface area contributed by atoms with Gasteiger partial charge in [0.2, 0.25) is 0 Å². The molecule has 108 valence electrons. The average molecular weight is 380 g/mol. The lowest BCUT2D eigenvalue weighted by Crippen LogP contribution is -2.56. The highest BCUT2D eigenvalue weighted by atomic mass is 79.9. The number of thiocarbonyl (C=S) groups is 1. The van der Waals surface area contributed by atoms with Crippen molar-refractivity contribution in [2.45, 2.75) is 5.50 Å². The summed E-state index contributed by atoms with van der Waals surface area (Å²) in [5.74, 6) is 0.230. The molecular weight excluding hydrogens is 370 g/mol. The quantitative estimate of drug-likeness (QED) is 0.425. The molecule has 0 aliphatic carbocycles. The lowest BCUT2D eigenvalue weighted by Gasteiger charge is -2.25. The minimum Gasteiger partial charge on any atom is -0.375 e.